The van der Waals surface area contributed by atoms with Gasteiger partial charge in [0.25, 0.3) is 11.5 Å². The minimum Gasteiger partial charge on any atom is -0.296 e. The van der Waals surface area contributed by atoms with Crippen molar-refractivity contribution in [3.05, 3.63) is 27.2 Å². The minimum absolute atomic E-state index is 0.00699. The summed E-state index contributed by atoms with van der Waals surface area (Å²) in [6.07, 6.45) is 1.94. The van der Waals surface area contributed by atoms with Crippen molar-refractivity contribution < 1.29 is 14.4 Å². The third-order valence-corrected chi connectivity index (χ3v) is 2.16. The standard InChI is InChI=1S/C9H6N4O4/c14-2-6-4(8(16)12-10-6)1-5-7(3-15)11-13-9(5)17/h1-3H,(H,12,16)(H2,11,13,17). The molecular formula is C9H6N4O4. The van der Waals surface area contributed by atoms with E-state index in [0.717, 1.165) is 6.08 Å². The Kier molecular flexibility index (Phi) is 2.53. The van der Waals surface area contributed by atoms with Gasteiger partial charge in [0.05, 0.1) is 11.1 Å². The minimum atomic E-state index is -0.607. The van der Waals surface area contributed by atoms with E-state index in [0.29, 0.717) is 12.6 Å². The molecule has 0 unspecified atom stereocenters. The molecule has 1 aromatic rings. The summed E-state index contributed by atoms with van der Waals surface area (Å²) in [6, 6.07) is 0. The van der Waals surface area contributed by atoms with Gasteiger partial charge in [-0.05, 0) is 6.08 Å². The van der Waals surface area contributed by atoms with E-state index in [1.807, 2.05) is 0 Å². The number of carbonyl (C=O) groups is 3. The Morgan fingerprint density at radius 2 is 1.82 bits per heavy atom. The second kappa shape index (κ2) is 4.00. The molecule has 3 N–H and O–H groups in total. The average molecular weight is 234 g/mol. The molecule has 17 heavy (non-hydrogen) atoms. The van der Waals surface area contributed by atoms with E-state index in [1.54, 1.807) is 0 Å². The van der Waals surface area contributed by atoms with E-state index in [9.17, 15) is 19.2 Å². The maximum atomic E-state index is 11.3. The van der Waals surface area contributed by atoms with Crippen LogP contribution in [-0.2, 0) is 9.59 Å². The van der Waals surface area contributed by atoms with Crippen molar-refractivity contribution in [1.82, 2.24) is 15.6 Å². The van der Waals surface area contributed by atoms with Crippen molar-refractivity contribution in [2.45, 2.75) is 0 Å². The lowest BCUT2D eigenvalue weighted by atomic mass is 10.1. The zero-order valence-electron chi connectivity index (χ0n) is 8.31. The van der Waals surface area contributed by atoms with E-state index < -0.39 is 11.5 Å². The lowest BCUT2D eigenvalue weighted by molar-refractivity contribution is -0.116. The highest BCUT2D eigenvalue weighted by molar-refractivity contribution is 6.47. The van der Waals surface area contributed by atoms with E-state index in [2.05, 4.69) is 20.7 Å². The highest BCUT2D eigenvalue weighted by Gasteiger charge is 2.23. The summed E-state index contributed by atoms with van der Waals surface area (Å²) < 4.78 is 0. The topological polar surface area (TPSA) is 124 Å². The van der Waals surface area contributed by atoms with Gasteiger partial charge in [0.2, 0.25) is 0 Å². The molecule has 0 saturated heterocycles. The predicted molar refractivity (Wildman–Crippen MR) is 56.4 cm³/mol. The average Bonchev–Trinajstić information content (AvgIpc) is 2.85. The quantitative estimate of drug-likeness (QED) is 0.438. The molecule has 0 spiro atoms. The van der Waals surface area contributed by atoms with Crippen molar-refractivity contribution in [1.29, 1.82) is 0 Å². The molecule has 0 aromatic carbocycles. The van der Waals surface area contributed by atoms with Crippen LogP contribution in [0.4, 0.5) is 0 Å². The monoisotopic (exact) mass is 234 g/mol. The Balaban J connectivity index is 2.55. The highest BCUT2D eigenvalue weighted by Crippen LogP contribution is 2.10. The van der Waals surface area contributed by atoms with Crippen LogP contribution in [0.25, 0.3) is 6.08 Å². The van der Waals surface area contributed by atoms with Crippen LogP contribution in [0.15, 0.2) is 15.5 Å². The van der Waals surface area contributed by atoms with Gasteiger partial charge in [-0.15, -0.1) is 0 Å². The number of aromatic nitrogens is 2. The lowest BCUT2D eigenvalue weighted by Gasteiger charge is -1.92. The number of aromatic amines is 2. The Morgan fingerprint density at radius 1 is 1.06 bits per heavy atom. The van der Waals surface area contributed by atoms with Crippen molar-refractivity contribution in [3.63, 3.8) is 0 Å². The Hall–Kier alpha value is -2.77. The summed E-state index contributed by atoms with van der Waals surface area (Å²) in [5.74, 6) is -0.607. The van der Waals surface area contributed by atoms with Crippen molar-refractivity contribution in [2.75, 3.05) is 0 Å². The summed E-state index contributed by atoms with van der Waals surface area (Å²) in [5, 5.41) is 7.98. The maximum absolute atomic E-state index is 11.3. The van der Waals surface area contributed by atoms with E-state index in [1.165, 1.54) is 0 Å². The van der Waals surface area contributed by atoms with Crippen LogP contribution in [0, 0.1) is 0 Å². The number of hydrogen-bond donors (Lipinski definition) is 3. The van der Waals surface area contributed by atoms with E-state index in [-0.39, 0.29) is 22.5 Å². The molecule has 2 heterocycles. The van der Waals surface area contributed by atoms with Crippen molar-refractivity contribution in [2.24, 2.45) is 5.10 Å². The van der Waals surface area contributed by atoms with Gasteiger partial charge in [0, 0.05) is 0 Å². The zero-order chi connectivity index (χ0) is 12.4. The highest BCUT2D eigenvalue weighted by atomic mass is 16.2. The summed E-state index contributed by atoms with van der Waals surface area (Å²) >= 11 is 0. The van der Waals surface area contributed by atoms with Gasteiger partial charge in [-0.25, -0.2) is 5.43 Å². The van der Waals surface area contributed by atoms with Crippen LogP contribution < -0.4 is 11.0 Å². The smallest absolute Gasteiger partial charge is 0.273 e. The Morgan fingerprint density at radius 3 is 2.47 bits per heavy atom. The molecule has 0 aliphatic carbocycles. The Labute approximate surface area is 93.4 Å². The number of carbonyl (C=O) groups excluding carboxylic acids is 3. The van der Waals surface area contributed by atoms with Gasteiger partial charge >= 0.3 is 0 Å². The number of hydrogen-bond acceptors (Lipinski definition) is 5. The summed E-state index contributed by atoms with van der Waals surface area (Å²) in [5.41, 5.74) is 1.30. The van der Waals surface area contributed by atoms with Crippen LogP contribution in [0.3, 0.4) is 0 Å². The van der Waals surface area contributed by atoms with Crippen LogP contribution in [0.1, 0.15) is 16.1 Å². The zero-order valence-corrected chi connectivity index (χ0v) is 8.31. The molecule has 1 amide bonds. The molecule has 8 heteroatoms. The van der Waals surface area contributed by atoms with Gasteiger partial charge in [-0.3, -0.25) is 29.4 Å². The first-order chi connectivity index (χ1) is 8.17. The Bertz CT molecular complexity index is 619. The number of aldehydes is 2. The number of nitrogens with zero attached hydrogens (tertiary/aromatic N) is 1. The molecule has 0 saturated carbocycles. The first kappa shape index (κ1) is 10.7. The molecule has 2 rings (SSSR count). The van der Waals surface area contributed by atoms with Crippen LogP contribution in [0.2, 0.25) is 0 Å². The summed E-state index contributed by atoms with van der Waals surface area (Å²) in [7, 11) is 0. The molecule has 0 atom stereocenters. The number of nitrogens with one attached hydrogen (secondary N) is 3. The second-order valence-corrected chi connectivity index (χ2v) is 3.14. The molecule has 86 valence electrons. The molecule has 0 radical (unpaired) electrons. The largest absolute Gasteiger partial charge is 0.296 e. The molecule has 8 nitrogen and oxygen atoms in total. The maximum Gasteiger partial charge on any atom is 0.273 e. The molecule has 1 aliphatic rings. The van der Waals surface area contributed by atoms with Gasteiger partial charge < -0.3 is 0 Å². The molecule has 1 aliphatic heterocycles. The van der Waals surface area contributed by atoms with Gasteiger partial charge in [0.1, 0.15) is 11.4 Å². The number of amides is 1. The first-order valence-corrected chi connectivity index (χ1v) is 4.48. The SMILES string of the molecule is O=CC1=NNC(=O)C1=Cc1c(C=O)[nH][nH]c1=O. The van der Waals surface area contributed by atoms with Gasteiger partial charge in [0.15, 0.2) is 12.6 Å². The molecule has 0 bridgehead atoms. The number of hydrazone groups is 1. The fraction of sp³-hybridized carbons (Fsp3) is 0. The number of H-pyrrole nitrogens is 2. The normalized spacial score (nSPS) is 16.8. The van der Waals surface area contributed by atoms with Crippen LogP contribution in [0.5, 0.6) is 0 Å². The van der Waals surface area contributed by atoms with E-state index in [4.69, 9.17) is 0 Å². The third kappa shape index (κ3) is 1.71. The lowest BCUT2D eigenvalue weighted by Crippen LogP contribution is -2.14. The molecule has 0 fully saturated rings. The van der Waals surface area contributed by atoms with Crippen LogP contribution in [-0.4, -0.2) is 34.4 Å². The second-order valence-electron chi connectivity index (χ2n) is 3.14. The van der Waals surface area contributed by atoms with Crippen molar-refractivity contribution >= 4 is 30.3 Å². The third-order valence-electron chi connectivity index (χ3n) is 2.16. The number of rotatable bonds is 3. The van der Waals surface area contributed by atoms with E-state index >= 15 is 0 Å². The first-order valence-electron chi connectivity index (χ1n) is 4.48. The molecular weight excluding hydrogens is 228 g/mol. The van der Waals surface area contributed by atoms with Gasteiger partial charge in [-0.2, -0.15) is 5.10 Å². The summed E-state index contributed by atoms with van der Waals surface area (Å²) in [6.45, 7) is 0. The predicted octanol–water partition coefficient (Wildman–Crippen LogP) is -1.42. The molecule has 1 aromatic heterocycles. The fourth-order valence-electron chi connectivity index (χ4n) is 1.34. The van der Waals surface area contributed by atoms with Crippen molar-refractivity contribution in [3.8, 4) is 0 Å². The van der Waals surface area contributed by atoms with Gasteiger partial charge in [-0.1, -0.05) is 0 Å². The van der Waals surface area contributed by atoms with Crippen LogP contribution >= 0.6 is 0 Å². The fourth-order valence-corrected chi connectivity index (χ4v) is 1.34. The summed E-state index contributed by atoms with van der Waals surface area (Å²) in [4.78, 5) is 43.9.